The van der Waals surface area contributed by atoms with E-state index in [0.717, 1.165) is 22.4 Å². The minimum atomic E-state index is -1.000. The molecule has 5 rings (SSSR count). The third kappa shape index (κ3) is 7.55. The number of halogens is 1. The van der Waals surface area contributed by atoms with Crippen LogP contribution < -0.4 is 9.47 Å². The second kappa shape index (κ2) is 13.8. The van der Waals surface area contributed by atoms with Crippen LogP contribution in [0.5, 0.6) is 11.5 Å². The van der Waals surface area contributed by atoms with Crippen LogP contribution in [0, 0.1) is 6.92 Å². The highest BCUT2D eigenvalue weighted by molar-refractivity contribution is 9.10. The van der Waals surface area contributed by atoms with Gasteiger partial charge in [-0.25, -0.2) is 9.79 Å². The molecule has 9 heteroatoms. The van der Waals surface area contributed by atoms with E-state index in [4.69, 9.17) is 14.5 Å². The molecule has 0 saturated carbocycles. The first-order valence-corrected chi connectivity index (χ1v) is 15.2. The van der Waals surface area contributed by atoms with Crippen molar-refractivity contribution in [3.63, 3.8) is 0 Å². The summed E-state index contributed by atoms with van der Waals surface area (Å²) in [6.07, 6.45) is 1.82. The minimum Gasteiger partial charge on any atom is -0.490 e. The number of benzene rings is 4. The first-order valence-electron chi connectivity index (χ1n) is 13.6. The Balaban J connectivity index is 1.44. The number of aryl methyl sites for hydroxylation is 1. The molecule has 1 aliphatic heterocycles. The Morgan fingerprint density at radius 3 is 2.35 bits per heavy atom. The fourth-order valence-electron chi connectivity index (χ4n) is 4.34. The Hall–Kier alpha value is -4.34. The highest BCUT2D eigenvalue weighted by Crippen LogP contribution is 2.40. The Bertz CT molecular complexity index is 1690. The number of hydrogen-bond donors (Lipinski definition) is 1. The van der Waals surface area contributed by atoms with Crippen molar-refractivity contribution >= 4 is 56.5 Å². The number of thioether (sulfide) groups is 1. The fourth-order valence-corrected chi connectivity index (χ4v) is 5.92. The lowest BCUT2D eigenvalue weighted by Crippen LogP contribution is -2.28. The van der Waals surface area contributed by atoms with Crippen LogP contribution >= 0.6 is 27.7 Å². The lowest BCUT2D eigenvalue weighted by atomic mass is 10.1. The zero-order chi connectivity index (χ0) is 30.3. The predicted molar refractivity (Wildman–Crippen MR) is 174 cm³/mol. The van der Waals surface area contributed by atoms with Crippen LogP contribution in [0.3, 0.4) is 0 Å². The van der Waals surface area contributed by atoms with Gasteiger partial charge in [0.15, 0.2) is 16.7 Å². The van der Waals surface area contributed by atoms with Crippen LogP contribution in [-0.2, 0) is 17.9 Å². The molecule has 0 aromatic heterocycles. The van der Waals surface area contributed by atoms with Gasteiger partial charge in [-0.2, -0.15) is 0 Å². The van der Waals surface area contributed by atoms with E-state index in [1.165, 1.54) is 29.5 Å². The number of hydrogen-bond acceptors (Lipinski definition) is 6. The summed E-state index contributed by atoms with van der Waals surface area (Å²) in [5.74, 6) is -0.0385. The molecule has 0 aliphatic carbocycles. The number of ether oxygens (including phenoxy) is 2. The van der Waals surface area contributed by atoms with Crippen molar-refractivity contribution in [1.82, 2.24) is 4.90 Å². The molecule has 1 heterocycles. The van der Waals surface area contributed by atoms with Crippen LogP contribution in [0.4, 0.5) is 5.69 Å². The number of amides is 1. The molecule has 218 valence electrons. The quantitative estimate of drug-likeness (QED) is 0.173. The predicted octanol–water partition coefficient (Wildman–Crippen LogP) is 8.24. The molecule has 0 spiro atoms. The van der Waals surface area contributed by atoms with Crippen molar-refractivity contribution in [3.8, 4) is 11.5 Å². The zero-order valence-corrected chi connectivity index (χ0v) is 26.0. The average molecular weight is 658 g/mol. The standard InChI is InChI=1S/C34H29BrN2O5S/c1-3-41-29-18-25(17-28(35)31(29)42-21-24-11-9-22(2)10-12-24)19-30-32(38)37(20-23-13-15-26(16-14-23)33(39)40)34(43-30)36-27-7-5-4-6-8-27/h4-19H,3,20-21H2,1-2H3,(H,39,40)/b30-19-,36-34?. The van der Waals surface area contributed by atoms with Crippen molar-refractivity contribution < 1.29 is 24.2 Å². The van der Waals surface area contributed by atoms with Crippen LogP contribution in [0.15, 0.2) is 105 Å². The fraction of sp³-hybridized carbons (Fsp3) is 0.147. The zero-order valence-electron chi connectivity index (χ0n) is 23.6. The molecule has 4 aromatic carbocycles. The number of carboxylic acid groups (broad SMARTS) is 1. The molecule has 1 N–H and O–H groups in total. The van der Waals surface area contributed by atoms with Gasteiger partial charge in [-0.1, -0.05) is 60.2 Å². The minimum absolute atomic E-state index is 0.187. The number of rotatable bonds is 10. The van der Waals surface area contributed by atoms with Crippen LogP contribution in [-0.4, -0.2) is 33.7 Å². The number of carbonyl (C=O) groups excluding carboxylic acids is 1. The van der Waals surface area contributed by atoms with E-state index in [1.807, 2.05) is 86.7 Å². The second-order valence-electron chi connectivity index (χ2n) is 9.77. The topological polar surface area (TPSA) is 88.4 Å². The van der Waals surface area contributed by atoms with E-state index < -0.39 is 5.97 Å². The number of para-hydroxylation sites is 1. The maximum Gasteiger partial charge on any atom is 0.335 e. The van der Waals surface area contributed by atoms with Gasteiger partial charge in [0.1, 0.15) is 6.61 Å². The normalized spacial score (nSPS) is 14.9. The van der Waals surface area contributed by atoms with Gasteiger partial charge in [-0.05, 0) is 101 Å². The molecular weight excluding hydrogens is 628 g/mol. The summed E-state index contributed by atoms with van der Waals surface area (Å²) in [6, 6.07) is 27.9. The Labute approximate surface area is 263 Å². The smallest absolute Gasteiger partial charge is 0.335 e. The molecule has 4 aromatic rings. The molecule has 1 aliphatic rings. The summed E-state index contributed by atoms with van der Waals surface area (Å²) in [7, 11) is 0. The van der Waals surface area contributed by atoms with Crippen LogP contribution in [0.25, 0.3) is 6.08 Å². The number of carbonyl (C=O) groups is 2. The summed E-state index contributed by atoms with van der Waals surface area (Å²) >= 11 is 4.93. The molecule has 0 radical (unpaired) electrons. The number of nitrogens with zero attached hydrogens (tertiary/aromatic N) is 2. The highest BCUT2D eigenvalue weighted by Gasteiger charge is 2.33. The maximum absolute atomic E-state index is 13.7. The van der Waals surface area contributed by atoms with Crippen molar-refractivity contribution in [2.24, 2.45) is 4.99 Å². The largest absolute Gasteiger partial charge is 0.490 e. The molecule has 0 unspecified atom stereocenters. The molecule has 0 bridgehead atoms. The van der Waals surface area contributed by atoms with E-state index in [9.17, 15) is 14.7 Å². The van der Waals surface area contributed by atoms with Gasteiger partial charge in [-0.3, -0.25) is 9.69 Å². The maximum atomic E-state index is 13.7. The van der Waals surface area contributed by atoms with E-state index >= 15 is 0 Å². The van der Waals surface area contributed by atoms with Crippen LogP contribution in [0.2, 0.25) is 0 Å². The average Bonchev–Trinajstić information content (AvgIpc) is 3.27. The molecule has 1 saturated heterocycles. The number of aliphatic imine (C=N–C) groups is 1. The lowest BCUT2D eigenvalue weighted by Gasteiger charge is -2.16. The summed E-state index contributed by atoms with van der Waals surface area (Å²) in [6.45, 7) is 5.03. The summed E-state index contributed by atoms with van der Waals surface area (Å²) in [4.78, 5) is 31.9. The summed E-state index contributed by atoms with van der Waals surface area (Å²) in [5.41, 5.74) is 4.69. The molecule has 43 heavy (non-hydrogen) atoms. The van der Waals surface area contributed by atoms with E-state index in [-0.39, 0.29) is 18.0 Å². The van der Waals surface area contributed by atoms with Gasteiger partial charge >= 0.3 is 5.97 Å². The highest BCUT2D eigenvalue weighted by atomic mass is 79.9. The third-order valence-electron chi connectivity index (χ3n) is 6.54. The molecular formula is C34H29BrN2O5S. The first kappa shape index (κ1) is 30.1. The van der Waals surface area contributed by atoms with Gasteiger partial charge in [0, 0.05) is 0 Å². The number of aromatic carboxylic acids is 1. The van der Waals surface area contributed by atoms with E-state index in [0.29, 0.717) is 39.3 Å². The number of carboxylic acids is 1. The summed E-state index contributed by atoms with van der Waals surface area (Å²) in [5, 5.41) is 9.78. The lowest BCUT2D eigenvalue weighted by molar-refractivity contribution is -0.122. The van der Waals surface area contributed by atoms with Crippen molar-refractivity contribution in [2.75, 3.05) is 6.61 Å². The van der Waals surface area contributed by atoms with Gasteiger partial charge in [0.05, 0.1) is 33.8 Å². The van der Waals surface area contributed by atoms with Gasteiger partial charge in [0.2, 0.25) is 0 Å². The Morgan fingerprint density at radius 1 is 0.977 bits per heavy atom. The molecule has 1 fully saturated rings. The first-order chi connectivity index (χ1) is 20.8. The summed E-state index contributed by atoms with van der Waals surface area (Å²) < 4.78 is 12.8. The monoisotopic (exact) mass is 656 g/mol. The van der Waals surface area contributed by atoms with Gasteiger partial charge in [-0.15, -0.1) is 0 Å². The van der Waals surface area contributed by atoms with Crippen molar-refractivity contribution in [1.29, 1.82) is 0 Å². The van der Waals surface area contributed by atoms with Crippen LogP contribution in [0.1, 0.15) is 39.5 Å². The molecule has 1 amide bonds. The Kier molecular flexibility index (Phi) is 9.64. The van der Waals surface area contributed by atoms with Crippen molar-refractivity contribution in [3.05, 3.63) is 128 Å². The van der Waals surface area contributed by atoms with Gasteiger partial charge < -0.3 is 14.6 Å². The SMILES string of the molecule is CCOc1cc(/C=C2\SC(=Nc3ccccc3)N(Cc3ccc(C(=O)O)cc3)C2=O)cc(Br)c1OCc1ccc(C)cc1. The molecule has 0 atom stereocenters. The van der Waals surface area contributed by atoms with Crippen molar-refractivity contribution in [2.45, 2.75) is 27.0 Å². The third-order valence-corrected chi connectivity index (χ3v) is 8.14. The Morgan fingerprint density at radius 2 is 1.67 bits per heavy atom. The second-order valence-corrected chi connectivity index (χ2v) is 11.6. The van der Waals surface area contributed by atoms with Gasteiger partial charge in [0.25, 0.3) is 5.91 Å². The van der Waals surface area contributed by atoms with E-state index in [2.05, 4.69) is 15.9 Å². The number of amidine groups is 1. The van der Waals surface area contributed by atoms with E-state index in [1.54, 1.807) is 17.0 Å². The molecule has 7 nitrogen and oxygen atoms in total.